The van der Waals surface area contributed by atoms with Gasteiger partial charge in [-0.25, -0.2) is 0 Å². The molecule has 3 rings (SSSR count). The summed E-state index contributed by atoms with van der Waals surface area (Å²) in [6.45, 7) is 1.93. The number of benzene rings is 2. The molecule has 0 aliphatic rings. The second-order valence-electron chi connectivity index (χ2n) is 5.39. The van der Waals surface area contributed by atoms with Crippen LogP contribution < -0.4 is 5.73 Å². The highest BCUT2D eigenvalue weighted by atomic mass is 35.5. The Hall–Kier alpha value is -1.71. The van der Waals surface area contributed by atoms with Crippen LogP contribution in [0.4, 0.5) is 5.69 Å². The van der Waals surface area contributed by atoms with Crippen molar-refractivity contribution in [1.29, 1.82) is 0 Å². The van der Waals surface area contributed by atoms with Crippen LogP contribution >= 0.6 is 11.6 Å². The normalized spacial score (nSPS) is 11.8. The van der Waals surface area contributed by atoms with Gasteiger partial charge in [0.05, 0.1) is 0 Å². The molecule has 20 heavy (non-hydrogen) atoms. The zero-order valence-corrected chi connectivity index (χ0v) is 12.5. The molecule has 0 radical (unpaired) electrons. The predicted octanol–water partition coefficient (Wildman–Crippen LogP) is 3.59. The maximum absolute atomic E-state index is 6.15. The van der Waals surface area contributed by atoms with Gasteiger partial charge >= 0.3 is 0 Å². The molecule has 2 aromatic carbocycles. The van der Waals surface area contributed by atoms with Crippen LogP contribution in [0.1, 0.15) is 0 Å². The lowest BCUT2D eigenvalue weighted by molar-refractivity contribution is 0.389. The van der Waals surface area contributed by atoms with Crippen LogP contribution in [0.2, 0.25) is 5.02 Å². The van der Waals surface area contributed by atoms with E-state index in [4.69, 9.17) is 17.3 Å². The van der Waals surface area contributed by atoms with Gasteiger partial charge in [0.1, 0.15) is 0 Å². The molecule has 4 heteroatoms. The van der Waals surface area contributed by atoms with Gasteiger partial charge in [-0.1, -0.05) is 11.6 Å². The summed E-state index contributed by atoms with van der Waals surface area (Å²) < 4.78 is 2.33. The van der Waals surface area contributed by atoms with Crippen molar-refractivity contribution >= 4 is 39.1 Å². The second kappa shape index (κ2) is 5.00. The zero-order chi connectivity index (χ0) is 14.3. The number of aromatic nitrogens is 1. The van der Waals surface area contributed by atoms with Crippen molar-refractivity contribution in [2.75, 3.05) is 26.4 Å². The number of likely N-dealkylation sites (N-methyl/N-ethyl adjacent to an activating group) is 1. The molecule has 0 amide bonds. The number of fused-ring (bicyclic) bond motifs is 3. The Morgan fingerprint density at radius 2 is 1.70 bits per heavy atom. The van der Waals surface area contributed by atoms with Crippen molar-refractivity contribution in [3.05, 3.63) is 41.4 Å². The Balaban J connectivity index is 2.29. The summed E-state index contributed by atoms with van der Waals surface area (Å²) in [5.41, 5.74) is 9.13. The first kappa shape index (κ1) is 13.3. The number of nitrogens with two attached hydrogens (primary N) is 1. The Morgan fingerprint density at radius 1 is 1.05 bits per heavy atom. The molecular weight excluding hydrogens is 270 g/mol. The van der Waals surface area contributed by atoms with Gasteiger partial charge in [-0.05, 0) is 50.5 Å². The summed E-state index contributed by atoms with van der Waals surface area (Å²) in [6.07, 6.45) is 0. The smallest absolute Gasteiger partial charge is 0.0493 e. The number of anilines is 1. The molecule has 1 heterocycles. The van der Waals surface area contributed by atoms with E-state index in [1.807, 2.05) is 24.3 Å². The molecule has 0 unspecified atom stereocenters. The maximum Gasteiger partial charge on any atom is 0.0493 e. The predicted molar refractivity (Wildman–Crippen MR) is 87.4 cm³/mol. The van der Waals surface area contributed by atoms with E-state index in [2.05, 4.69) is 35.7 Å². The highest BCUT2D eigenvalue weighted by Gasteiger charge is 2.11. The largest absolute Gasteiger partial charge is 0.399 e. The van der Waals surface area contributed by atoms with Crippen molar-refractivity contribution in [3.63, 3.8) is 0 Å². The summed E-state index contributed by atoms with van der Waals surface area (Å²) >= 11 is 6.15. The molecule has 2 N–H and O–H groups in total. The minimum absolute atomic E-state index is 0.756. The van der Waals surface area contributed by atoms with Gasteiger partial charge in [-0.3, -0.25) is 0 Å². The van der Waals surface area contributed by atoms with E-state index in [1.54, 1.807) is 0 Å². The molecular formula is C16H18ClN3. The van der Waals surface area contributed by atoms with E-state index in [0.29, 0.717) is 0 Å². The summed E-state index contributed by atoms with van der Waals surface area (Å²) in [5, 5.41) is 3.09. The Kier molecular flexibility index (Phi) is 3.32. The molecule has 1 aromatic heterocycles. The number of nitrogen functional groups attached to an aromatic ring is 1. The lowest BCUT2D eigenvalue weighted by Crippen LogP contribution is -2.18. The van der Waals surface area contributed by atoms with E-state index < -0.39 is 0 Å². The van der Waals surface area contributed by atoms with Gasteiger partial charge in [0.25, 0.3) is 0 Å². The maximum atomic E-state index is 6.15. The van der Waals surface area contributed by atoms with Crippen LogP contribution in [-0.2, 0) is 6.54 Å². The molecule has 0 spiro atoms. The van der Waals surface area contributed by atoms with Crippen LogP contribution in [0, 0.1) is 0 Å². The summed E-state index contributed by atoms with van der Waals surface area (Å²) in [6, 6.07) is 12.1. The van der Waals surface area contributed by atoms with Crippen molar-refractivity contribution in [2.24, 2.45) is 0 Å². The van der Waals surface area contributed by atoms with Gasteiger partial charge in [0, 0.05) is 45.6 Å². The minimum atomic E-state index is 0.756. The summed E-state index contributed by atoms with van der Waals surface area (Å²) in [4.78, 5) is 2.19. The Bertz CT molecular complexity index is 715. The molecule has 0 fully saturated rings. The number of halogens is 1. The van der Waals surface area contributed by atoms with E-state index in [0.717, 1.165) is 23.8 Å². The number of rotatable bonds is 3. The first-order valence-corrected chi connectivity index (χ1v) is 7.06. The summed E-state index contributed by atoms with van der Waals surface area (Å²) in [7, 11) is 4.17. The highest BCUT2D eigenvalue weighted by molar-refractivity contribution is 6.31. The second-order valence-corrected chi connectivity index (χ2v) is 5.83. The first-order chi connectivity index (χ1) is 9.56. The van der Waals surface area contributed by atoms with Crippen molar-refractivity contribution in [3.8, 4) is 0 Å². The van der Waals surface area contributed by atoms with Gasteiger partial charge in [0.2, 0.25) is 0 Å². The van der Waals surface area contributed by atoms with Gasteiger partial charge in [-0.15, -0.1) is 0 Å². The van der Waals surface area contributed by atoms with Gasteiger partial charge < -0.3 is 15.2 Å². The SMILES string of the molecule is CN(C)CCn1c2ccc(N)cc2c2cc(Cl)ccc21. The topological polar surface area (TPSA) is 34.2 Å². The zero-order valence-electron chi connectivity index (χ0n) is 11.7. The molecule has 0 saturated carbocycles. The summed E-state index contributed by atoms with van der Waals surface area (Å²) in [5.74, 6) is 0. The molecule has 3 nitrogen and oxygen atoms in total. The van der Waals surface area contributed by atoms with Crippen molar-refractivity contribution in [1.82, 2.24) is 9.47 Å². The van der Waals surface area contributed by atoms with Gasteiger partial charge in [-0.2, -0.15) is 0 Å². The fraction of sp³-hybridized carbons (Fsp3) is 0.250. The molecule has 104 valence electrons. The Labute approximate surface area is 123 Å². The first-order valence-electron chi connectivity index (χ1n) is 6.68. The van der Waals surface area contributed by atoms with Crippen molar-refractivity contribution < 1.29 is 0 Å². The molecule has 0 atom stereocenters. The lowest BCUT2D eigenvalue weighted by atomic mass is 10.1. The van der Waals surface area contributed by atoms with E-state index >= 15 is 0 Å². The molecule has 0 bridgehead atoms. The number of hydrogen-bond donors (Lipinski definition) is 1. The fourth-order valence-corrected chi connectivity index (χ4v) is 2.81. The van der Waals surface area contributed by atoms with Gasteiger partial charge in [0.15, 0.2) is 0 Å². The Morgan fingerprint density at radius 3 is 2.40 bits per heavy atom. The lowest BCUT2D eigenvalue weighted by Gasteiger charge is -2.12. The minimum Gasteiger partial charge on any atom is -0.399 e. The molecule has 0 aliphatic heterocycles. The molecule has 3 aromatic rings. The number of nitrogens with zero attached hydrogens (tertiary/aromatic N) is 2. The average Bonchev–Trinajstić information content (AvgIpc) is 2.69. The number of hydrogen-bond acceptors (Lipinski definition) is 2. The van der Waals surface area contributed by atoms with Crippen LogP contribution in [0.25, 0.3) is 21.8 Å². The standard InChI is InChI=1S/C16H18ClN3/c1-19(2)7-8-20-15-5-3-11(17)9-13(15)14-10-12(18)4-6-16(14)20/h3-6,9-10H,7-8,18H2,1-2H3. The van der Waals surface area contributed by atoms with Crippen LogP contribution in [0.3, 0.4) is 0 Å². The van der Waals surface area contributed by atoms with E-state index in [1.165, 1.54) is 21.8 Å². The van der Waals surface area contributed by atoms with Crippen LogP contribution in [0.15, 0.2) is 36.4 Å². The third-order valence-corrected chi connectivity index (χ3v) is 3.86. The van der Waals surface area contributed by atoms with Crippen molar-refractivity contribution in [2.45, 2.75) is 6.54 Å². The third kappa shape index (κ3) is 2.23. The fourth-order valence-electron chi connectivity index (χ4n) is 2.63. The monoisotopic (exact) mass is 287 g/mol. The molecule has 0 aliphatic carbocycles. The average molecular weight is 288 g/mol. The quantitative estimate of drug-likeness (QED) is 0.747. The van der Waals surface area contributed by atoms with Crippen LogP contribution in [-0.4, -0.2) is 30.1 Å². The van der Waals surface area contributed by atoms with Crippen LogP contribution in [0.5, 0.6) is 0 Å². The van der Waals surface area contributed by atoms with E-state index in [-0.39, 0.29) is 0 Å². The third-order valence-electron chi connectivity index (χ3n) is 3.62. The van der Waals surface area contributed by atoms with E-state index in [9.17, 15) is 0 Å². The molecule has 0 saturated heterocycles. The highest BCUT2D eigenvalue weighted by Crippen LogP contribution is 2.32.